The van der Waals surface area contributed by atoms with E-state index in [-0.39, 0.29) is 5.91 Å². The standard InChI is InChI=1S/C15H13N5O3/c1-8-18-14(19-23-8)13-12-6-16-15(21)10-5-9(22-2)3-4-11(10)20(12)7-17-13/h3-5,7H,6H2,1-2H3,(H,16,21). The van der Waals surface area contributed by atoms with Gasteiger partial charge in [-0.1, -0.05) is 5.16 Å². The highest BCUT2D eigenvalue weighted by atomic mass is 16.5. The summed E-state index contributed by atoms with van der Waals surface area (Å²) in [5.74, 6) is 1.32. The normalized spacial score (nSPS) is 13.0. The highest BCUT2D eigenvalue weighted by molar-refractivity contribution is 5.99. The molecule has 1 aromatic carbocycles. The van der Waals surface area contributed by atoms with E-state index in [0.29, 0.717) is 35.3 Å². The first-order valence-corrected chi connectivity index (χ1v) is 7.01. The maximum Gasteiger partial charge on any atom is 0.253 e. The lowest BCUT2D eigenvalue weighted by Gasteiger charge is -2.09. The van der Waals surface area contributed by atoms with Crippen LogP contribution < -0.4 is 10.1 Å². The summed E-state index contributed by atoms with van der Waals surface area (Å²) < 4.78 is 12.1. The van der Waals surface area contributed by atoms with Crippen LogP contribution in [0.5, 0.6) is 5.75 Å². The van der Waals surface area contributed by atoms with E-state index in [4.69, 9.17) is 9.26 Å². The van der Waals surface area contributed by atoms with Gasteiger partial charge in [0.05, 0.1) is 30.6 Å². The van der Waals surface area contributed by atoms with Crippen LogP contribution in [0.3, 0.4) is 0 Å². The summed E-state index contributed by atoms with van der Waals surface area (Å²) in [4.78, 5) is 20.9. The Morgan fingerprint density at radius 2 is 2.26 bits per heavy atom. The number of carbonyl (C=O) groups is 1. The van der Waals surface area contributed by atoms with Crippen molar-refractivity contribution >= 4 is 5.91 Å². The number of aryl methyl sites for hydroxylation is 1. The number of imidazole rings is 1. The molecule has 1 amide bonds. The van der Waals surface area contributed by atoms with Crippen LogP contribution in [0, 0.1) is 6.92 Å². The zero-order valence-electron chi connectivity index (χ0n) is 12.5. The van der Waals surface area contributed by atoms with Gasteiger partial charge in [-0.25, -0.2) is 4.98 Å². The van der Waals surface area contributed by atoms with Gasteiger partial charge in [0.15, 0.2) is 0 Å². The van der Waals surface area contributed by atoms with E-state index in [1.54, 1.807) is 32.5 Å². The number of rotatable bonds is 2. The van der Waals surface area contributed by atoms with Crippen LogP contribution in [-0.4, -0.2) is 32.7 Å². The van der Waals surface area contributed by atoms with Crippen LogP contribution >= 0.6 is 0 Å². The predicted molar refractivity (Wildman–Crippen MR) is 79.3 cm³/mol. The molecule has 3 aromatic rings. The van der Waals surface area contributed by atoms with Gasteiger partial charge in [0.2, 0.25) is 11.7 Å². The number of nitrogens with one attached hydrogen (secondary N) is 1. The fraction of sp³-hybridized carbons (Fsp3) is 0.200. The van der Waals surface area contributed by atoms with Gasteiger partial charge in [-0.15, -0.1) is 0 Å². The zero-order valence-corrected chi connectivity index (χ0v) is 12.5. The fourth-order valence-corrected chi connectivity index (χ4v) is 2.63. The average Bonchev–Trinajstić information content (AvgIpc) is 3.14. The van der Waals surface area contributed by atoms with Gasteiger partial charge in [-0.2, -0.15) is 4.98 Å². The monoisotopic (exact) mass is 311 g/mol. The van der Waals surface area contributed by atoms with E-state index in [9.17, 15) is 4.79 Å². The molecule has 0 aliphatic carbocycles. The third-order valence-electron chi connectivity index (χ3n) is 3.73. The SMILES string of the molecule is COc1ccc2c(c1)C(=O)NCc1c(-c3noc(C)n3)ncn1-2. The minimum atomic E-state index is -0.169. The van der Waals surface area contributed by atoms with Crippen LogP contribution in [0.25, 0.3) is 17.2 Å². The van der Waals surface area contributed by atoms with Crippen LogP contribution in [0.1, 0.15) is 21.9 Å². The Balaban J connectivity index is 1.90. The van der Waals surface area contributed by atoms with E-state index in [1.165, 1.54) is 0 Å². The molecule has 1 N–H and O–H groups in total. The van der Waals surface area contributed by atoms with Gasteiger partial charge in [0, 0.05) is 6.92 Å². The van der Waals surface area contributed by atoms with Gasteiger partial charge in [0.1, 0.15) is 17.8 Å². The van der Waals surface area contributed by atoms with Crippen molar-refractivity contribution in [1.29, 1.82) is 0 Å². The molecule has 4 rings (SSSR count). The minimum absolute atomic E-state index is 0.169. The molecule has 0 saturated carbocycles. The number of hydrogen-bond acceptors (Lipinski definition) is 6. The lowest BCUT2D eigenvalue weighted by atomic mass is 10.1. The number of methoxy groups -OCH3 is 1. The lowest BCUT2D eigenvalue weighted by molar-refractivity contribution is 0.0952. The first kappa shape index (κ1) is 13.5. The molecule has 0 bridgehead atoms. The van der Waals surface area contributed by atoms with Crippen molar-refractivity contribution in [2.75, 3.05) is 7.11 Å². The molecule has 0 atom stereocenters. The van der Waals surface area contributed by atoms with Gasteiger partial charge in [-0.05, 0) is 18.2 Å². The zero-order chi connectivity index (χ0) is 16.0. The Hall–Kier alpha value is -3.16. The van der Waals surface area contributed by atoms with Gasteiger partial charge in [-0.3, -0.25) is 9.36 Å². The molecule has 2 aromatic heterocycles. The summed E-state index contributed by atoms with van der Waals surface area (Å²) in [5.41, 5.74) is 2.64. The second kappa shape index (κ2) is 4.94. The molecule has 0 saturated heterocycles. The molecule has 116 valence electrons. The molecular weight excluding hydrogens is 298 g/mol. The summed E-state index contributed by atoms with van der Waals surface area (Å²) >= 11 is 0. The van der Waals surface area contributed by atoms with Crippen molar-refractivity contribution in [3.8, 4) is 23.0 Å². The first-order chi connectivity index (χ1) is 11.2. The van der Waals surface area contributed by atoms with Gasteiger partial charge < -0.3 is 14.6 Å². The number of amides is 1. The average molecular weight is 311 g/mol. The number of fused-ring (bicyclic) bond motifs is 3. The van der Waals surface area contributed by atoms with Crippen molar-refractivity contribution in [3.63, 3.8) is 0 Å². The number of ether oxygens (including phenoxy) is 1. The molecule has 8 nitrogen and oxygen atoms in total. The molecule has 1 aliphatic rings. The van der Waals surface area contributed by atoms with Crippen molar-refractivity contribution in [2.24, 2.45) is 0 Å². The molecule has 0 radical (unpaired) electrons. The number of nitrogens with zero attached hydrogens (tertiary/aromatic N) is 4. The van der Waals surface area contributed by atoms with Crippen molar-refractivity contribution < 1.29 is 14.1 Å². The maximum absolute atomic E-state index is 12.3. The highest BCUT2D eigenvalue weighted by Crippen LogP contribution is 2.28. The summed E-state index contributed by atoms with van der Waals surface area (Å²) in [6.45, 7) is 2.04. The van der Waals surface area contributed by atoms with Crippen LogP contribution in [0.2, 0.25) is 0 Å². The third kappa shape index (κ3) is 2.07. The van der Waals surface area contributed by atoms with Gasteiger partial charge >= 0.3 is 0 Å². The van der Waals surface area contributed by atoms with Crippen LogP contribution in [0.4, 0.5) is 0 Å². The summed E-state index contributed by atoms with van der Waals surface area (Å²) in [5, 5.41) is 6.77. The van der Waals surface area contributed by atoms with Crippen molar-refractivity contribution in [3.05, 3.63) is 41.7 Å². The van der Waals surface area contributed by atoms with E-state index in [2.05, 4.69) is 20.4 Å². The topological polar surface area (TPSA) is 95.1 Å². The van der Waals surface area contributed by atoms with Crippen LogP contribution in [-0.2, 0) is 6.54 Å². The maximum atomic E-state index is 12.3. The smallest absolute Gasteiger partial charge is 0.253 e. The highest BCUT2D eigenvalue weighted by Gasteiger charge is 2.25. The van der Waals surface area contributed by atoms with E-state index in [0.717, 1.165) is 11.4 Å². The number of carbonyl (C=O) groups excluding carboxylic acids is 1. The van der Waals surface area contributed by atoms with Crippen molar-refractivity contribution in [1.82, 2.24) is 25.0 Å². The quantitative estimate of drug-likeness (QED) is 0.770. The molecule has 8 heteroatoms. The Labute approximate surface area is 131 Å². The second-order valence-electron chi connectivity index (χ2n) is 5.11. The fourth-order valence-electron chi connectivity index (χ4n) is 2.63. The van der Waals surface area contributed by atoms with Crippen molar-refractivity contribution in [2.45, 2.75) is 13.5 Å². The van der Waals surface area contributed by atoms with E-state index in [1.807, 2.05) is 10.6 Å². The Morgan fingerprint density at radius 3 is 3.00 bits per heavy atom. The number of aromatic nitrogens is 4. The molecule has 0 unspecified atom stereocenters. The Morgan fingerprint density at radius 1 is 1.39 bits per heavy atom. The van der Waals surface area contributed by atoms with E-state index < -0.39 is 0 Å². The number of hydrogen-bond donors (Lipinski definition) is 1. The largest absolute Gasteiger partial charge is 0.497 e. The molecular formula is C15H13N5O3. The lowest BCUT2D eigenvalue weighted by Crippen LogP contribution is -2.21. The molecule has 1 aliphatic heterocycles. The molecule has 0 spiro atoms. The third-order valence-corrected chi connectivity index (χ3v) is 3.73. The Bertz CT molecular complexity index is 912. The number of benzene rings is 1. The first-order valence-electron chi connectivity index (χ1n) is 7.01. The molecule has 23 heavy (non-hydrogen) atoms. The summed E-state index contributed by atoms with van der Waals surface area (Å²) in [7, 11) is 1.57. The predicted octanol–water partition coefficient (Wildman–Crippen LogP) is 1.48. The van der Waals surface area contributed by atoms with E-state index >= 15 is 0 Å². The molecule has 3 heterocycles. The second-order valence-corrected chi connectivity index (χ2v) is 5.11. The summed E-state index contributed by atoms with van der Waals surface area (Å²) in [6, 6.07) is 5.34. The molecule has 0 fully saturated rings. The summed E-state index contributed by atoms with van der Waals surface area (Å²) in [6.07, 6.45) is 1.65. The minimum Gasteiger partial charge on any atom is -0.497 e. The van der Waals surface area contributed by atoms with Crippen LogP contribution in [0.15, 0.2) is 29.0 Å². The Kier molecular flexibility index (Phi) is 2.90. The van der Waals surface area contributed by atoms with Gasteiger partial charge in [0.25, 0.3) is 5.91 Å².